The van der Waals surface area contributed by atoms with Crippen molar-refractivity contribution in [3.8, 4) is 5.75 Å². The minimum atomic E-state index is -1.08. The van der Waals surface area contributed by atoms with Crippen LogP contribution in [0.1, 0.15) is 30.6 Å². The highest BCUT2D eigenvalue weighted by Gasteiger charge is 2.41. The number of Topliss-reactive ketones (excluding diaryl/α,β-unsaturated/α-hetero) is 1. The molecule has 1 N–H and O–H groups in total. The molecule has 1 aliphatic rings. The van der Waals surface area contributed by atoms with Crippen molar-refractivity contribution in [1.82, 2.24) is 0 Å². The van der Waals surface area contributed by atoms with E-state index in [1.165, 1.54) is 20.1 Å². The van der Waals surface area contributed by atoms with E-state index in [1.54, 1.807) is 49.4 Å². The van der Waals surface area contributed by atoms with Crippen molar-refractivity contribution in [2.24, 2.45) is 0 Å². The first-order valence-corrected chi connectivity index (χ1v) is 9.50. The van der Waals surface area contributed by atoms with E-state index in [4.69, 9.17) is 9.47 Å². The Morgan fingerprint density at radius 2 is 1.73 bits per heavy atom. The molecule has 0 saturated heterocycles. The van der Waals surface area contributed by atoms with Gasteiger partial charge in [-0.15, -0.1) is 0 Å². The summed E-state index contributed by atoms with van der Waals surface area (Å²) in [6.07, 6.45) is -0.850. The van der Waals surface area contributed by atoms with Gasteiger partial charge in [-0.2, -0.15) is 0 Å². The summed E-state index contributed by atoms with van der Waals surface area (Å²) in [5, 5.41) is 2.68. The van der Waals surface area contributed by atoms with Crippen LogP contribution >= 0.6 is 0 Å². The number of para-hydroxylation sites is 3. The number of ketones is 1. The van der Waals surface area contributed by atoms with Crippen LogP contribution in [0.5, 0.6) is 5.75 Å². The van der Waals surface area contributed by atoms with E-state index < -0.39 is 35.7 Å². The van der Waals surface area contributed by atoms with Gasteiger partial charge in [-0.3, -0.25) is 19.3 Å². The zero-order valence-corrected chi connectivity index (χ0v) is 16.9. The summed E-state index contributed by atoms with van der Waals surface area (Å²) in [6, 6.07) is 12.2. The molecular weight excluding hydrogens is 388 g/mol. The number of nitrogens with zero attached hydrogens (tertiary/aromatic N) is 1. The number of anilines is 2. The first-order chi connectivity index (χ1) is 14.4. The number of rotatable bonds is 7. The Kier molecular flexibility index (Phi) is 6.15. The number of nitrogens with one attached hydrogen (secondary N) is 1. The van der Waals surface area contributed by atoms with Crippen molar-refractivity contribution in [2.45, 2.75) is 32.4 Å². The van der Waals surface area contributed by atoms with Crippen molar-refractivity contribution >= 4 is 34.9 Å². The van der Waals surface area contributed by atoms with E-state index in [-0.39, 0.29) is 12.0 Å². The Hall–Kier alpha value is -3.68. The summed E-state index contributed by atoms with van der Waals surface area (Å²) in [4.78, 5) is 51.0. The second-order valence-electron chi connectivity index (χ2n) is 6.72. The van der Waals surface area contributed by atoms with Gasteiger partial charge < -0.3 is 14.8 Å². The number of esters is 1. The van der Waals surface area contributed by atoms with Crippen LogP contribution in [0.2, 0.25) is 0 Å². The fourth-order valence-electron chi connectivity index (χ4n) is 3.22. The number of carbonyl (C=O) groups excluding carboxylic acids is 4. The Balaban J connectivity index is 1.73. The molecule has 156 valence electrons. The first-order valence-electron chi connectivity index (χ1n) is 9.50. The van der Waals surface area contributed by atoms with Crippen molar-refractivity contribution in [1.29, 1.82) is 0 Å². The predicted molar refractivity (Wildman–Crippen MR) is 110 cm³/mol. The summed E-state index contributed by atoms with van der Waals surface area (Å²) >= 11 is 0. The zero-order valence-electron chi connectivity index (χ0n) is 16.9. The average Bonchev–Trinajstić information content (AvgIpc) is 3.02. The number of fused-ring (bicyclic) bond motifs is 1. The number of hydrogen-bond acceptors (Lipinski definition) is 6. The van der Waals surface area contributed by atoms with E-state index in [0.717, 1.165) is 4.90 Å². The molecule has 2 amide bonds. The van der Waals surface area contributed by atoms with Gasteiger partial charge in [0.2, 0.25) is 0 Å². The predicted octanol–water partition coefficient (Wildman–Crippen LogP) is 2.57. The van der Waals surface area contributed by atoms with Crippen molar-refractivity contribution < 1.29 is 28.7 Å². The molecule has 2 aromatic rings. The van der Waals surface area contributed by atoms with E-state index in [1.807, 2.05) is 0 Å². The molecule has 0 radical (unpaired) electrons. The third-order valence-corrected chi connectivity index (χ3v) is 4.84. The van der Waals surface area contributed by atoms with Gasteiger partial charge in [-0.1, -0.05) is 31.2 Å². The number of methoxy groups -OCH3 is 1. The largest absolute Gasteiger partial charge is 0.495 e. The lowest BCUT2D eigenvalue weighted by Crippen LogP contribution is -2.45. The number of amides is 2. The van der Waals surface area contributed by atoms with Crippen LogP contribution in [0, 0.1) is 0 Å². The first kappa shape index (κ1) is 21.0. The van der Waals surface area contributed by atoms with Gasteiger partial charge in [0, 0.05) is 0 Å². The Morgan fingerprint density at radius 1 is 1.07 bits per heavy atom. The maximum absolute atomic E-state index is 12.7. The second kappa shape index (κ2) is 8.77. The average molecular weight is 410 g/mol. The van der Waals surface area contributed by atoms with E-state index in [9.17, 15) is 19.2 Å². The van der Waals surface area contributed by atoms with Crippen LogP contribution < -0.4 is 15.0 Å². The topological polar surface area (TPSA) is 102 Å². The lowest BCUT2D eigenvalue weighted by Gasteiger charge is -2.25. The van der Waals surface area contributed by atoms with Crippen LogP contribution in [-0.2, 0) is 19.1 Å². The third kappa shape index (κ3) is 3.89. The lowest BCUT2D eigenvalue weighted by molar-refractivity contribution is -0.155. The number of ether oxygens (including phenoxy) is 2. The molecule has 0 aromatic heterocycles. The summed E-state index contributed by atoms with van der Waals surface area (Å²) < 4.78 is 10.6. The van der Waals surface area contributed by atoms with Gasteiger partial charge in [0.1, 0.15) is 11.8 Å². The minimum Gasteiger partial charge on any atom is -0.495 e. The fourth-order valence-corrected chi connectivity index (χ4v) is 3.22. The number of hydrogen-bond donors (Lipinski definition) is 1. The summed E-state index contributed by atoms with van der Waals surface area (Å²) in [7, 11) is 1.48. The molecular formula is C22H22N2O6. The molecule has 2 aromatic carbocycles. The molecule has 2 atom stereocenters. The summed E-state index contributed by atoms with van der Waals surface area (Å²) in [6.45, 7) is 3.16. The lowest BCUT2D eigenvalue weighted by atomic mass is 10.1. The standard InChI is InChI=1S/C22H22N2O6/c1-4-17(20(26)23-15-10-6-8-12-18(15)29-3)30-22(28)13(2)24-16-11-7-5-9-14(16)19(25)21(24)27/h5-13,17H,4H2,1-3H3,(H,23,26)/t13-,17+/m0/s1. The van der Waals surface area contributed by atoms with Gasteiger partial charge in [0.05, 0.1) is 24.0 Å². The smallest absolute Gasteiger partial charge is 0.329 e. The Morgan fingerprint density at radius 3 is 2.43 bits per heavy atom. The molecule has 0 unspecified atom stereocenters. The SMILES string of the molecule is CC[C@@H](OC(=O)[C@H](C)N1C(=O)C(=O)c2ccccc21)C(=O)Nc1ccccc1OC. The molecule has 0 saturated carbocycles. The van der Waals surface area contributed by atoms with Crippen LogP contribution in [-0.4, -0.2) is 42.8 Å². The monoisotopic (exact) mass is 410 g/mol. The van der Waals surface area contributed by atoms with E-state index >= 15 is 0 Å². The van der Waals surface area contributed by atoms with Crippen molar-refractivity contribution in [3.05, 3.63) is 54.1 Å². The Labute approximate surface area is 173 Å². The van der Waals surface area contributed by atoms with E-state index in [2.05, 4.69) is 5.32 Å². The van der Waals surface area contributed by atoms with Gasteiger partial charge in [0.15, 0.2) is 6.10 Å². The van der Waals surface area contributed by atoms with Gasteiger partial charge in [-0.25, -0.2) is 4.79 Å². The number of carbonyl (C=O) groups is 4. The Bertz CT molecular complexity index is 1000. The fraction of sp³-hybridized carbons (Fsp3) is 0.273. The molecule has 3 rings (SSSR count). The third-order valence-electron chi connectivity index (χ3n) is 4.84. The van der Waals surface area contributed by atoms with Crippen LogP contribution in [0.15, 0.2) is 48.5 Å². The highest BCUT2D eigenvalue weighted by atomic mass is 16.5. The second-order valence-corrected chi connectivity index (χ2v) is 6.72. The maximum Gasteiger partial charge on any atom is 0.329 e. The molecule has 8 heteroatoms. The molecule has 8 nitrogen and oxygen atoms in total. The van der Waals surface area contributed by atoms with Gasteiger partial charge >= 0.3 is 5.97 Å². The van der Waals surface area contributed by atoms with E-state index in [0.29, 0.717) is 17.1 Å². The molecule has 1 aliphatic heterocycles. The van der Waals surface area contributed by atoms with Crippen LogP contribution in [0.3, 0.4) is 0 Å². The molecule has 0 bridgehead atoms. The summed E-state index contributed by atoms with van der Waals surface area (Å²) in [5.41, 5.74) is 1.04. The summed E-state index contributed by atoms with van der Waals surface area (Å²) in [5.74, 6) is -2.31. The molecule has 0 fully saturated rings. The quantitative estimate of drug-likeness (QED) is 0.556. The molecule has 0 spiro atoms. The normalized spacial score (nSPS) is 14.7. The van der Waals surface area contributed by atoms with Gasteiger partial charge in [-0.05, 0) is 37.6 Å². The van der Waals surface area contributed by atoms with Crippen molar-refractivity contribution in [3.63, 3.8) is 0 Å². The minimum absolute atomic E-state index is 0.225. The van der Waals surface area contributed by atoms with Crippen LogP contribution in [0.25, 0.3) is 0 Å². The van der Waals surface area contributed by atoms with Gasteiger partial charge in [0.25, 0.3) is 17.6 Å². The van der Waals surface area contributed by atoms with Crippen molar-refractivity contribution in [2.75, 3.05) is 17.3 Å². The number of benzene rings is 2. The molecule has 30 heavy (non-hydrogen) atoms. The molecule has 0 aliphatic carbocycles. The van der Waals surface area contributed by atoms with Crippen LogP contribution in [0.4, 0.5) is 11.4 Å². The maximum atomic E-state index is 12.7. The zero-order chi connectivity index (χ0) is 21.8. The highest BCUT2D eigenvalue weighted by molar-refractivity contribution is 6.52. The molecule has 1 heterocycles. The highest BCUT2D eigenvalue weighted by Crippen LogP contribution is 2.31.